The molecule has 19 heavy (non-hydrogen) atoms. The van der Waals surface area contributed by atoms with Gasteiger partial charge in [-0.25, -0.2) is 4.39 Å². The Bertz CT molecular complexity index is 643. The fourth-order valence-corrected chi connectivity index (χ4v) is 2.56. The Morgan fingerprint density at radius 3 is 2.63 bits per heavy atom. The zero-order valence-electron chi connectivity index (χ0n) is 10.0. The van der Waals surface area contributed by atoms with Crippen molar-refractivity contribution in [2.75, 3.05) is 5.32 Å². The predicted octanol–water partition coefficient (Wildman–Crippen LogP) is 4.91. The number of carbonyl (C=O) groups excluding carboxylic acids is 1. The predicted molar refractivity (Wildman–Crippen MR) is 80.9 cm³/mol. The number of carbonyl (C=O) groups is 1. The van der Waals surface area contributed by atoms with Gasteiger partial charge in [0.25, 0.3) is 5.91 Å². The summed E-state index contributed by atoms with van der Waals surface area (Å²) in [6.07, 6.45) is 0. The van der Waals surface area contributed by atoms with Crippen LogP contribution in [-0.2, 0) is 0 Å². The zero-order valence-corrected chi connectivity index (χ0v) is 13.2. The zero-order chi connectivity index (χ0) is 14.0. The van der Waals surface area contributed by atoms with Gasteiger partial charge in [-0.05, 0) is 58.7 Å². The molecule has 0 aliphatic heterocycles. The van der Waals surface area contributed by atoms with E-state index in [0.717, 1.165) is 10.0 Å². The average molecular weight is 387 g/mol. The highest BCUT2D eigenvalue weighted by atomic mass is 79.9. The monoisotopic (exact) mass is 385 g/mol. The maximum atomic E-state index is 13.4. The van der Waals surface area contributed by atoms with Gasteiger partial charge < -0.3 is 5.32 Å². The molecule has 0 unspecified atom stereocenters. The van der Waals surface area contributed by atoms with Gasteiger partial charge in [0.05, 0.1) is 10.0 Å². The van der Waals surface area contributed by atoms with Crippen LogP contribution in [0.25, 0.3) is 0 Å². The molecule has 2 aromatic rings. The van der Waals surface area contributed by atoms with Crippen molar-refractivity contribution in [3.63, 3.8) is 0 Å². The van der Waals surface area contributed by atoms with E-state index in [4.69, 9.17) is 0 Å². The second-order valence-electron chi connectivity index (χ2n) is 4.01. The van der Waals surface area contributed by atoms with Crippen molar-refractivity contribution in [1.82, 2.24) is 0 Å². The quantitative estimate of drug-likeness (QED) is 0.780. The van der Waals surface area contributed by atoms with Gasteiger partial charge in [0.1, 0.15) is 5.82 Å². The van der Waals surface area contributed by atoms with Gasteiger partial charge in [-0.2, -0.15) is 0 Å². The maximum absolute atomic E-state index is 13.4. The van der Waals surface area contributed by atoms with E-state index in [1.54, 1.807) is 12.1 Å². The number of halogens is 3. The van der Waals surface area contributed by atoms with Crippen LogP contribution in [0.5, 0.6) is 0 Å². The summed E-state index contributed by atoms with van der Waals surface area (Å²) in [6.45, 7) is 1.89. The number of hydrogen-bond donors (Lipinski definition) is 1. The lowest BCUT2D eigenvalue weighted by Crippen LogP contribution is -2.13. The molecular weight excluding hydrogens is 377 g/mol. The smallest absolute Gasteiger partial charge is 0.256 e. The summed E-state index contributed by atoms with van der Waals surface area (Å²) in [6, 6.07) is 9.90. The Kier molecular flexibility index (Phi) is 4.37. The highest BCUT2D eigenvalue weighted by molar-refractivity contribution is 9.10. The van der Waals surface area contributed by atoms with Crippen LogP contribution in [0, 0.1) is 12.7 Å². The molecule has 2 nitrogen and oxygen atoms in total. The molecule has 2 aromatic carbocycles. The number of aryl methyl sites for hydroxylation is 1. The molecule has 0 fully saturated rings. The van der Waals surface area contributed by atoms with E-state index < -0.39 is 5.82 Å². The van der Waals surface area contributed by atoms with Crippen LogP contribution in [-0.4, -0.2) is 5.91 Å². The number of benzene rings is 2. The third-order valence-corrected chi connectivity index (χ3v) is 3.93. The summed E-state index contributed by atoms with van der Waals surface area (Å²) in [4.78, 5) is 12.1. The summed E-state index contributed by atoms with van der Waals surface area (Å²) in [5, 5.41) is 2.77. The number of hydrogen-bond acceptors (Lipinski definition) is 1. The second-order valence-corrected chi connectivity index (χ2v) is 5.72. The lowest BCUT2D eigenvalue weighted by molar-refractivity contribution is 0.102. The first-order chi connectivity index (χ1) is 8.99. The Labute approximate surface area is 127 Å². The first-order valence-electron chi connectivity index (χ1n) is 5.50. The van der Waals surface area contributed by atoms with E-state index in [-0.39, 0.29) is 15.9 Å². The summed E-state index contributed by atoms with van der Waals surface area (Å²) in [5.74, 6) is -0.808. The fourth-order valence-electron chi connectivity index (χ4n) is 1.64. The van der Waals surface area contributed by atoms with Crippen molar-refractivity contribution in [1.29, 1.82) is 0 Å². The SMILES string of the molecule is Cc1cc(Br)ccc1NC(=O)c1cccc(F)c1Br. The molecule has 1 amide bonds. The molecule has 0 bridgehead atoms. The molecule has 0 saturated carbocycles. The molecule has 0 aliphatic rings. The van der Waals surface area contributed by atoms with Crippen molar-refractivity contribution < 1.29 is 9.18 Å². The Morgan fingerprint density at radius 1 is 1.21 bits per heavy atom. The minimum Gasteiger partial charge on any atom is -0.322 e. The van der Waals surface area contributed by atoms with Gasteiger partial charge in [0.2, 0.25) is 0 Å². The van der Waals surface area contributed by atoms with Gasteiger partial charge in [-0.15, -0.1) is 0 Å². The van der Waals surface area contributed by atoms with Crippen LogP contribution in [0.4, 0.5) is 10.1 Å². The minimum absolute atomic E-state index is 0.169. The van der Waals surface area contributed by atoms with Crippen molar-refractivity contribution in [2.45, 2.75) is 6.92 Å². The lowest BCUT2D eigenvalue weighted by atomic mass is 10.1. The summed E-state index contributed by atoms with van der Waals surface area (Å²) in [5.41, 5.74) is 1.89. The van der Waals surface area contributed by atoms with Gasteiger partial charge in [-0.3, -0.25) is 4.79 Å². The van der Waals surface area contributed by atoms with Crippen LogP contribution in [0.15, 0.2) is 45.3 Å². The van der Waals surface area contributed by atoms with E-state index in [0.29, 0.717) is 5.69 Å². The van der Waals surface area contributed by atoms with Crippen molar-refractivity contribution in [3.05, 3.63) is 62.3 Å². The van der Waals surface area contributed by atoms with Crippen LogP contribution in [0.3, 0.4) is 0 Å². The van der Waals surface area contributed by atoms with Gasteiger partial charge in [-0.1, -0.05) is 22.0 Å². The molecule has 0 heterocycles. The molecule has 0 atom stereocenters. The van der Waals surface area contributed by atoms with Crippen molar-refractivity contribution in [2.24, 2.45) is 0 Å². The van der Waals surface area contributed by atoms with Crippen molar-refractivity contribution >= 4 is 43.5 Å². The van der Waals surface area contributed by atoms with E-state index in [9.17, 15) is 9.18 Å². The number of anilines is 1. The lowest BCUT2D eigenvalue weighted by Gasteiger charge is -2.10. The largest absolute Gasteiger partial charge is 0.322 e. The van der Waals surface area contributed by atoms with Crippen LogP contribution < -0.4 is 5.32 Å². The Hall–Kier alpha value is -1.20. The maximum Gasteiger partial charge on any atom is 0.256 e. The fraction of sp³-hybridized carbons (Fsp3) is 0.0714. The number of nitrogens with one attached hydrogen (secondary N) is 1. The normalized spacial score (nSPS) is 10.3. The highest BCUT2D eigenvalue weighted by Gasteiger charge is 2.13. The van der Waals surface area contributed by atoms with Gasteiger partial charge in [0, 0.05) is 10.2 Å². The Balaban J connectivity index is 2.28. The third-order valence-electron chi connectivity index (χ3n) is 2.63. The molecule has 0 aromatic heterocycles. The molecule has 0 radical (unpaired) electrons. The van der Waals surface area contributed by atoms with Gasteiger partial charge in [0.15, 0.2) is 0 Å². The average Bonchev–Trinajstić information content (AvgIpc) is 2.36. The topological polar surface area (TPSA) is 29.1 Å². The molecule has 98 valence electrons. The Morgan fingerprint density at radius 2 is 1.95 bits per heavy atom. The van der Waals surface area contributed by atoms with E-state index in [1.807, 2.05) is 19.1 Å². The molecule has 0 saturated heterocycles. The van der Waals surface area contributed by atoms with E-state index in [1.165, 1.54) is 12.1 Å². The molecular formula is C14H10Br2FNO. The summed E-state index contributed by atoms with van der Waals surface area (Å²) >= 11 is 6.44. The third kappa shape index (κ3) is 3.22. The standard InChI is InChI=1S/C14H10Br2FNO/c1-8-7-9(15)5-6-12(8)18-14(19)10-3-2-4-11(17)13(10)16/h2-7H,1H3,(H,18,19). The second kappa shape index (κ2) is 5.84. The molecule has 0 spiro atoms. The number of rotatable bonds is 2. The van der Waals surface area contributed by atoms with E-state index in [2.05, 4.69) is 37.2 Å². The number of amides is 1. The van der Waals surface area contributed by atoms with Crippen molar-refractivity contribution in [3.8, 4) is 0 Å². The molecule has 5 heteroatoms. The van der Waals surface area contributed by atoms with Crippen LogP contribution in [0.1, 0.15) is 15.9 Å². The first kappa shape index (κ1) is 14.2. The first-order valence-corrected chi connectivity index (χ1v) is 7.09. The highest BCUT2D eigenvalue weighted by Crippen LogP contribution is 2.24. The minimum atomic E-state index is -0.458. The summed E-state index contributed by atoms with van der Waals surface area (Å²) < 4.78 is 14.5. The van der Waals surface area contributed by atoms with E-state index >= 15 is 0 Å². The summed E-state index contributed by atoms with van der Waals surface area (Å²) in [7, 11) is 0. The van der Waals surface area contributed by atoms with Gasteiger partial charge >= 0.3 is 0 Å². The van der Waals surface area contributed by atoms with Crippen LogP contribution in [0.2, 0.25) is 0 Å². The molecule has 2 rings (SSSR count). The molecule has 1 N–H and O–H groups in total. The molecule has 0 aliphatic carbocycles. The van der Waals surface area contributed by atoms with Crippen LogP contribution >= 0.6 is 31.9 Å².